The minimum Gasteiger partial charge on any atom is -0.508 e. The number of hydrogen-bond acceptors (Lipinski definition) is 29. The van der Waals surface area contributed by atoms with Gasteiger partial charge >= 0.3 is 0 Å². The van der Waals surface area contributed by atoms with Gasteiger partial charge in [-0.3, -0.25) is 82.3 Å². The van der Waals surface area contributed by atoms with Gasteiger partial charge in [0.1, 0.15) is 17.3 Å². The normalized spacial score (nSPS) is 14.8. The van der Waals surface area contributed by atoms with Crippen LogP contribution in [0, 0.1) is 17.8 Å². The maximum absolute atomic E-state index is 14.6. The highest BCUT2D eigenvalue weighted by molar-refractivity contribution is 5.97. The lowest BCUT2D eigenvalue weighted by Crippen LogP contribution is -2.50. The molecule has 0 saturated carbocycles. The number of nitrogens with one attached hydrogen (secondary N) is 6. The molecule has 4 rings (SSSR count). The van der Waals surface area contributed by atoms with Crippen LogP contribution in [0.15, 0.2) is 64.6 Å². The number of carbonyl (C=O) groups excluding carboxylic acids is 11. The quantitative estimate of drug-likeness (QED) is 0.0201. The van der Waals surface area contributed by atoms with Gasteiger partial charge < -0.3 is 115 Å². The van der Waals surface area contributed by atoms with Crippen molar-refractivity contribution in [3.8, 4) is 5.75 Å². The zero-order chi connectivity index (χ0) is 92.6. The molecule has 0 bridgehead atoms. The number of guanidine groups is 2. The highest BCUT2D eigenvalue weighted by Crippen LogP contribution is 2.32. The van der Waals surface area contributed by atoms with Gasteiger partial charge in [-0.05, 0) is 98.1 Å². The van der Waals surface area contributed by atoms with Crippen LogP contribution < -0.4 is 72.0 Å². The maximum atomic E-state index is 14.6. The molecule has 0 spiro atoms. The van der Waals surface area contributed by atoms with E-state index in [2.05, 4.69) is 46.8 Å². The Hall–Kier alpha value is -8.91. The van der Waals surface area contributed by atoms with Gasteiger partial charge in [0.2, 0.25) is 35.4 Å². The number of ether oxygens (including phenoxy) is 8. The Morgan fingerprint density at radius 2 is 0.858 bits per heavy atom. The zero-order valence-electron chi connectivity index (χ0n) is 75.4. The first-order chi connectivity index (χ1) is 61.2. The van der Waals surface area contributed by atoms with Gasteiger partial charge in [0.15, 0.2) is 29.3 Å². The third-order valence-corrected chi connectivity index (χ3v) is 20.8. The molecule has 1 aliphatic carbocycles. The molecule has 716 valence electrons. The number of hydrogen-bond donors (Lipinski definition) is 14. The first-order valence-corrected chi connectivity index (χ1v) is 44.8. The second kappa shape index (κ2) is 68.2. The summed E-state index contributed by atoms with van der Waals surface area (Å²) in [5, 5.41) is 27.3. The van der Waals surface area contributed by atoms with Crippen molar-refractivity contribution in [3.63, 3.8) is 0 Å². The Balaban J connectivity index is 1.35. The highest BCUT2D eigenvalue weighted by atomic mass is 16.5. The standard InChI is InChI=1S/C88H149N19O20/c1-65(2)56-70(59-80(113)77(15-7-28-100-88(94)95)102-82(115)23-22-79(112)76(14-6-27-99-87(92)93)103-86(119)71(57-67-16-20-72(109)21-17-67)60-81(114)78(101-66(3)108)58-69-19-18-68-10-4-5-13-75(68)69)85(118)98-31-47-127-53-49-121-41-9-12-74(111)62-105-33-32-104(61-73(110)11-8-40-120-48-50-122-42-24-89)34-36-106(63-83(116)96-29-45-125-54-51-123-43-25-90)38-39-107(37-35-105)64-84(117)97-30-46-126-55-52-124-44-26-91/h4-5,10,13,16-17,19-21,65,70-71,76-78,109H,6-9,11-12,14-15,18,22-64,89-91H2,1-3H3,(H,96,116)(H,97,117)(H,98,118)(H,101,108)(H,102,115)(H,103,119)(H4,92,93,99)(H4,94,95,100)/t70-,71-,76+,77+,78+/m1/s1. The number of nitrogens with two attached hydrogens (primary N) is 7. The summed E-state index contributed by atoms with van der Waals surface area (Å²) in [5.74, 6) is -6.21. The van der Waals surface area contributed by atoms with E-state index in [1.165, 1.54) is 19.1 Å². The van der Waals surface area contributed by atoms with Crippen LogP contribution in [-0.4, -0.2) is 356 Å². The van der Waals surface area contributed by atoms with Crippen molar-refractivity contribution in [2.45, 2.75) is 142 Å². The van der Waals surface area contributed by atoms with Crippen LogP contribution in [0.1, 0.15) is 127 Å². The van der Waals surface area contributed by atoms with Crippen molar-refractivity contribution in [1.29, 1.82) is 0 Å². The highest BCUT2D eigenvalue weighted by Gasteiger charge is 2.34. The number of benzene rings is 2. The molecule has 39 heteroatoms. The summed E-state index contributed by atoms with van der Waals surface area (Å²) in [7, 11) is 0. The number of Topliss-reactive ketones (excluding diaryl/α,β-unsaturated/α-hetero) is 5. The van der Waals surface area contributed by atoms with E-state index < -0.39 is 77.4 Å². The molecule has 21 N–H and O–H groups in total. The summed E-state index contributed by atoms with van der Waals surface area (Å²) in [4.78, 5) is 169. The van der Waals surface area contributed by atoms with Crippen LogP contribution in [0.4, 0.5) is 0 Å². The molecule has 1 heterocycles. The SMILES string of the molecule is CC(=O)N[C@@H](CC1=CCc2ccccc21)C(=O)C[C@@H](Cc1ccc(O)cc1)C(=O)N[C@@H](CCCN=C(N)N)C(=O)CCC(=O)N[C@@H](CCCN=C(N)N)C(=O)C[C@@H](CC(C)C)C(=O)NCCOCCOCCCC(=O)CN1CCN(CC(=O)CCCOCCOCCN)CCN(CC(=O)NCCOCCOCCN)CCN(CC(=O)NCCOCCOCCN)CC1. The molecule has 0 unspecified atom stereocenters. The number of phenols is 1. The Labute approximate surface area is 749 Å². The first-order valence-electron chi connectivity index (χ1n) is 44.8. The number of phenolic OH excluding ortho intramolecular Hbond substituents is 1. The third kappa shape index (κ3) is 53.0. The summed E-state index contributed by atoms with van der Waals surface area (Å²) in [6.45, 7) is 16.3. The van der Waals surface area contributed by atoms with Crippen molar-refractivity contribution >= 4 is 81.9 Å². The average molecular weight is 1790 g/mol. The van der Waals surface area contributed by atoms with Crippen LogP contribution >= 0.6 is 0 Å². The summed E-state index contributed by atoms with van der Waals surface area (Å²) in [6, 6.07) is 10.6. The van der Waals surface area contributed by atoms with E-state index in [1.807, 2.05) is 58.9 Å². The fourth-order valence-electron chi connectivity index (χ4n) is 14.2. The number of fused-ring (bicyclic) bond motifs is 1. The summed E-state index contributed by atoms with van der Waals surface area (Å²) in [6.07, 6.45) is 3.88. The molecule has 1 saturated heterocycles. The van der Waals surface area contributed by atoms with Crippen molar-refractivity contribution in [2.75, 3.05) is 237 Å². The Morgan fingerprint density at radius 1 is 0.433 bits per heavy atom. The molecule has 0 radical (unpaired) electrons. The van der Waals surface area contributed by atoms with Crippen LogP contribution in [0.2, 0.25) is 0 Å². The zero-order valence-corrected chi connectivity index (χ0v) is 75.4. The fraction of sp³-hybridized carbons (Fsp3) is 0.693. The van der Waals surface area contributed by atoms with Crippen LogP contribution in [0.5, 0.6) is 5.75 Å². The second-order valence-corrected chi connectivity index (χ2v) is 32.0. The van der Waals surface area contributed by atoms with E-state index in [0.717, 1.165) is 16.7 Å². The van der Waals surface area contributed by atoms with Gasteiger partial charge in [-0.15, -0.1) is 0 Å². The molecule has 2 aromatic carbocycles. The molecule has 5 atom stereocenters. The summed E-state index contributed by atoms with van der Waals surface area (Å²) >= 11 is 0. The minimum absolute atomic E-state index is 0.0145. The number of aromatic hydroxyl groups is 1. The van der Waals surface area contributed by atoms with Crippen molar-refractivity contribution < 1.29 is 95.7 Å². The van der Waals surface area contributed by atoms with E-state index in [4.69, 9.17) is 78.0 Å². The predicted molar refractivity (Wildman–Crippen MR) is 483 cm³/mol. The van der Waals surface area contributed by atoms with E-state index in [9.17, 15) is 57.8 Å². The van der Waals surface area contributed by atoms with E-state index in [-0.39, 0.29) is 197 Å². The number of allylic oxidation sites excluding steroid dienone is 1. The molecule has 6 amide bonds. The van der Waals surface area contributed by atoms with Gasteiger partial charge in [0.05, 0.1) is 137 Å². The topological polar surface area (TPSA) is 574 Å². The van der Waals surface area contributed by atoms with Gasteiger partial charge in [-0.1, -0.05) is 56.3 Å². The number of nitrogens with zero attached hydrogens (tertiary/aromatic N) is 6. The molecule has 39 nitrogen and oxygen atoms in total. The summed E-state index contributed by atoms with van der Waals surface area (Å²) in [5.41, 5.74) is 42.5. The third-order valence-electron chi connectivity index (χ3n) is 20.8. The molecular formula is C88H149N19O20. The van der Waals surface area contributed by atoms with Gasteiger partial charge in [-0.2, -0.15) is 0 Å². The van der Waals surface area contributed by atoms with Gasteiger partial charge in [-0.25, -0.2) is 0 Å². The first kappa shape index (κ1) is 110. The second-order valence-electron chi connectivity index (χ2n) is 32.0. The molecule has 1 aliphatic heterocycles. The Kier molecular flexibility index (Phi) is 59.3. The number of rotatable bonds is 72. The predicted octanol–water partition coefficient (Wildman–Crippen LogP) is -1.63. The molecule has 2 aromatic rings. The molecular weight excluding hydrogens is 1640 g/mol. The minimum atomic E-state index is -1.19. The van der Waals surface area contributed by atoms with Crippen LogP contribution in [0.3, 0.4) is 0 Å². The summed E-state index contributed by atoms with van der Waals surface area (Å²) < 4.78 is 44.7. The lowest BCUT2D eigenvalue weighted by molar-refractivity contribution is -0.134. The monoisotopic (exact) mass is 1790 g/mol. The van der Waals surface area contributed by atoms with Crippen molar-refractivity contribution in [1.82, 2.24) is 51.5 Å². The number of amides is 6. The average Bonchev–Trinajstić information content (AvgIpc) is 1.70. The maximum Gasteiger partial charge on any atom is 0.234 e. The fourth-order valence-corrected chi connectivity index (χ4v) is 14.2. The largest absolute Gasteiger partial charge is 0.508 e. The molecule has 0 aromatic heterocycles. The Bertz CT molecular complexity index is 3580. The molecule has 1 fully saturated rings. The lowest BCUT2D eigenvalue weighted by Gasteiger charge is -2.33. The van der Waals surface area contributed by atoms with Crippen LogP contribution in [-0.2, 0) is 103 Å². The van der Waals surface area contributed by atoms with Crippen LogP contribution in [0.25, 0.3) is 5.57 Å². The smallest absolute Gasteiger partial charge is 0.234 e. The van der Waals surface area contributed by atoms with Gasteiger partial charge in [0.25, 0.3) is 0 Å². The lowest BCUT2D eigenvalue weighted by atomic mass is 9.88. The van der Waals surface area contributed by atoms with Gasteiger partial charge in [0, 0.05) is 182 Å². The van der Waals surface area contributed by atoms with Crippen molar-refractivity contribution in [2.24, 2.45) is 67.9 Å². The number of aliphatic imine (C=N–C) groups is 2. The molecule has 127 heavy (non-hydrogen) atoms. The van der Waals surface area contributed by atoms with E-state index in [1.54, 1.807) is 12.1 Å². The van der Waals surface area contributed by atoms with Crippen molar-refractivity contribution in [3.05, 3.63) is 71.3 Å². The van der Waals surface area contributed by atoms with E-state index >= 15 is 0 Å². The van der Waals surface area contributed by atoms with E-state index in [0.29, 0.717) is 189 Å². The molecule has 2 aliphatic rings. The number of ketones is 5. The Morgan fingerprint density at radius 3 is 1.31 bits per heavy atom. The number of carbonyl (C=O) groups is 11.